The van der Waals surface area contributed by atoms with Gasteiger partial charge in [0.1, 0.15) is 5.75 Å². The Labute approximate surface area is 167 Å². The molecule has 0 bridgehead atoms. The highest BCUT2D eigenvalue weighted by molar-refractivity contribution is 5.95. The van der Waals surface area contributed by atoms with Crippen molar-refractivity contribution in [2.75, 3.05) is 17.2 Å². The molecule has 0 aromatic heterocycles. The van der Waals surface area contributed by atoms with Gasteiger partial charge in [-0.3, -0.25) is 9.59 Å². The number of anilines is 2. The molecule has 2 N–H and O–H groups in total. The van der Waals surface area contributed by atoms with E-state index < -0.39 is 0 Å². The van der Waals surface area contributed by atoms with E-state index in [2.05, 4.69) is 43.5 Å². The molecule has 0 aliphatic carbocycles. The Kier molecular flexibility index (Phi) is 7.21. The zero-order chi connectivity index (χ0) is 20.7. The van der Waals surface area contributed by atoms with Gasteiger partial charge in [-0.1, -0.05) is 39.0 Å². The van der Waals surface area contributed by atoms with Crippen LogP contribution in [0.5, 0.6) is 5.75 Å². The van der Waals surface area contributed by atoms with Gasteiger partial charge in [0.2, 0.25) is 11.8 Å². The lowest BCUT2D eigenvalue weighted by Crippen LogP contribution is -2.15. The van der Waals surface area contributed by atoms with E-state index in [0.29, 0.717) is 30.8 Å². The molecule has 0 heterocycles. The van der Waals surface area contributed by atoms with Crippen LogP contribution in [0.25, 0.3) is 0 Å². The number of hydrogen-bond acceptors (Lipinski definition) is 3. The Bertz CT molecular complexity index is 821. The van der Waals surface area contributed by atoms with Crippen LogP contribution in [-0.2, 0) is 15.0 Å². The Morgan fingerprint density at radius 1 is 0.964 bits per heavy atom. The van der Waals surface area contributed by atoms with Gasteiger partial charge < -0.3 is 15.4 Å². The Morgan fingerprint density at radius 2 is 1.57 bits per heavy atom. The standard InChI is InChI=1S/C23H30N2O3/c1-16-20(24-17(2)26)8-6-9-21(16)25-22(27)10-7-15-28-19-13-11-18(12-14-19)23(3,4)5/h6,8-9,11-14H,7,10,15H2,1-5H3,(H,24,26)(H,25,27). The summed E-state index contributed by atoms with van der Waals surface area (Å²) in [7, 11) is 0. The van der Waals surface area contributed by atoms with Crippen molar-refractivity contribution in [1.29, 1.82) is 0 Å². The van der Waals surface area contributed by atoms with Gasteiger partial charge in [-0.2, -0.15) is 0 Å². The number of carbonyl (C=O) groups is 2. The highest BCUT2D eigenvalue weighted by Crippen LogP contribution is 2.25. The van der Waals surface area contributed by atoms with E-state index in [-0.39, 0.29) is 17.2 Å². The van der Waals surface area contributed by atoms with Gasteiger partial charge in [-0.25, -0.2) is 0 Å². The van der Waals surface area contributed by atoms with Gasteiger partial charge in [0.25, 0.3) is 0 Å². The Hall–Kier alpha value is -2.82. The van der Waals surface area contributed by atoms with E-state index in [1.165, 1.54) is 12.5 Å². The van der Waals surface area contributed by atoms with Crippen molar-refractivity contribution in [3.8, 4) is 5.75 Å². The number of hydrogen-bond donors (Lipinski definition) is 2. The third-order valence-electron chi connectivity index (χ3n) is 4.46. The maximum atomic E-state index is 12.2. The van der Waals surface area contributed by atoms with Crippen molar-refractivity contribution in [3.63, 3.8) is 0 Å². The molecule has 5 nitrogen and oxygen atoms in total. The van der Waals surface area contributed by atoms with E-state index in [0.717, 1.165) is 11.3 Å². The molecular weight excluding hydrogens is 352 g/mol. The lowest BCUT2D eigenvalue weighted by atomic mass is 9.87. The van der Waals surface area contributed by atoms with Crippen LogP contribution in [0.2, 0.25) is 0 Å². The van der Waals surface area contributed by atoms with Crippen molar-refractivity contribution >= 4 is 23.2 Å². The highest BCUT2D eigenvalue weighted by atomic mass is 16.5. The van der Waals surface area contributed by atoms with Crippen molar-refractivity contribution in [1.82, 2.24) is 0 Å². The smallest absolute Gasteiger partial charge is 0.224 e. The fourth-order valence-electron chi connectivity index (χ4n) is 2.78. The largest absolute Gasteiger partial charge is 0.494 e. The predicted molar refractivity (Wildman–Crippen MR) is 114 cm³/mol. The zero-order valence-corrected chi connectivity index (χ0v) is 17.4. The van der Waals surface area contributed by atoms with Crippen LogP contribution < -0.4 is 15.4 Å². The predicted octanol–water partition coefficient (Wildman–Crippen LogP) is 5.05. The first-order valence-electron chi connectivity index (χ1n) is 9.57. The minimum atomic E-state index is -0.140. The molecule has 0 radical (unpaired) electrons. The van der Waals surface area contributed by atoms with Gasteiger partial charge in [-0.05, 0) is 54.2 Å². The summed E-state index contributed by atoms with van der Waals surface area (Å²) in [4.78, 5) is 23.5. The van der Waals surface area contributed by atoms with E-state index >= 15 is 0 Å². The number of rotatable bonds is 7. The monoisotopic (exact) mass is 382 g/mol. The average molecular weight is 383 g/mol. The lowest BCUT2D eigenvalue weighted by Gasteiger charge is -2.19. The fourth-order valence-corrected chi connectivity index (χ4v) is 2.78. The maximum absolute atomic E-state index is 12.2. The second-order valence-electron chi connectivity index (χ2n) is 7.93. The molecule has 2 rings (SSSR count). The molecule has 0 atom stereocenters. The summed E-state index contributed by atoms with van der Waals surface area (Å²) in [5.74, 6) is 0.598. The number of carbonyl (C=O) groups excluding carboxylic acids is 2. The van der Waals surface area contributed by atoms with E-state index in [4.69, 9.17) is 4.74 Å². The second-order valence-corrected chi connectivity index (χ2v) is 7.93. The van der Waals surface area contributed by atoms with Crippen LogP contribution in [0.15, 0.2) is 42.5 Å². The van der Waals surface area contributed by atoms with Crippen molar-refractivity contribution < 1.29 is 14.3 Å². The molecule has 0 fully saturated rings. The summed E-state index contributed by atoms with van der Waals surface area (Å²) < 4.78 is 5.73. The van der Waals surface area contributed by atoms with E-state index in [1.807, 2.05) is 31.2 Å². The molecule has 0 unspecified atom stereocenters. The van der Waals surface area contributed by atoms with Gasteiger partial charge in [0.05, 0.1) is 6.61 Å². The minimum Gasteiger partial charge on any atom is -0.494 e. The summed E-state index contributed by atoms with van der Waals surface area (Å²) in [6.07, 6.45) is 0.987. The van der Waals surface area contributed by atoms with Gasteiger partial charge in [0.15, 0.2) is 0 Å². The fraction of sp³-hybridized carbons (Fsp3) is 0.391. The lowest BCUT2D eigenvalue weighted by molar-refractivity contribution is -0.116. The van der Waals surface area contributed by atoms with Crippen LogP contribution in [-0.4, -0.2) is 18.4 Å². The first-order valence-corrected chi connectivity index (χ1v) is 9.57. The first kappa shape index (κ1) is 21.5. The van der Waals surface area contributed by atoms with Gasteiger partial charge in [-0.15, -0.1) is 0 Å². The quantitative estimate of drug-likeness (QED) is 0.659. The molecular formula is C23H30N2O3. The molecule has 2 amide bonds. The van der Waals surface area contributed by atoms with E-state index in [9.17, 15) is 9.59 Å². The molecule has 5 heteroatoms. The second kappa shape index (κ2) is 9.40. The third kappa shape index (κ3) is 6.41. The molecule has 0 aliphatic rings. The van der Waals surface area contributed by atoms with Crippen molar-refractivity contribution in [2.45, 2.75) is 52.9 Å². The molecule has 150 valence electrons. The zero-order valence-electron chi connectivity index (χ0n) is 17.4. The summed E-state index contributed by atoms with van der Waals surface area (Å²) in [6.45, 7) is 10.3. The molecule has 0 aliphatic heterocycles. The van der Waals surface area contributed by atoms with Crippen molar-refractivity contribution in [3.05, 3.63) is 53.6 Å². The summed E-state index contributed by atoms with van der Waals surface area (Å²) >= 11 is 0. The topological polar surface area (TPSA) is 67.4 Å². The maximum Gasteiger partial charge on any atom is 0.224 e. The van der Waals surface area contributed by atoms with Crippen LogP contribution in [0, 0.1) is 6.92 Å². The Balaban J connectivity index is 1.80. The highest BCUT2D eigenvalue weighted by Gasteiger charge is 2.13. The third-order valence-corrected chi connectivity index (χ3v) is 4.46. The average Bonchev–Trinajstić information content (AvgIpc) is 2.61. The van der Waals surface area contributed by atoms with Crippen LogP contribution >= 0.6 is 0 Å². The molecule has 2 aromatic rings. The number of benzene rings is 2. The SMILES string of the molecule is CC(=O)Nc1cccc(NC(=O)CCCOc2ccc(C(C)(C)C)cc2)c1C. The van der Waals surface area contributed by atoms with Crippen LogP contribution in [0.4, 0.5) is 11.4 Å². The summed E-state index contributed by atoms with van der Waals surface area (Å²) in [5, 5.41) is 5.66. The molecule has 28 heavy (non-hydrogen) atoms. The molecule has 0 saturated carbocycles. The van der Waals surface area contributed by atoms with Crippen LogP contribution in [0.1, 0.15) is 51.7 Å². The summed E-state index contributed by atoms with van der Waals surface area (Å²) in [6, 6.07) is 13.5. The summed E-state index contributed by atoms with van der Waals surface area (Å²) in [5.41, 5.74) is 3.62. The minimum absolute atomic E-state index is 0.0743. The van der Waals surface area contributed by atoms with Gasteiger partial charge >= 0.3 is 0 Å². The number of nitrogens with one attached hydrogen (secondary N) is 2. The molecule has 0 spiro atoms. The van der Waals surface area contributed by atoms with Crippen LogP contribution in [0.3, 0.4) is 0 Å². The Morgan fingerprint density at radius 3 is 2.14 bits per heavy atom. The number of ether oxygens (including phenoxy) is 1. The molecule has 2 aromatic carbocycles. The van der Waals surface area contributed by atoms with Crippen molar-refractivity contribution in [2.24, 2.45) is 0 Å². The van der Waals surface area contributed by atoms with E-state index in [1.54, 1.807) is 6.07 Å². The first-order chi connectivity index (χ1) is 13.2. The van der Waals surface area contributed by atoms with Gasteiger partial charge in [0, 0.05) is 24.7 Å². The number of amides is 2. The normalized spacial score (nSPS) is 11.0. The molecule has 0 saturated heterocycles.